The molecular weight excluding hydrogens is 252 g/mol. The van der Waals surface area contributed by atoms with Crippen molar-refractivity contribution in [3.63, 3.8) is 0 Å². The van der Waals surface area contributed by atoms with Crippen molar-refractivity contribution in [1.82, 2.24) is 5.32 Å². The fourth-order valence-electron chi connectivity index (χ4n) is 1.76. The summed E-state index contributed by atoms with van der Waals surface area (Å²) in [5.74, 6) is -0.550. The molecule has 1 aliphatic heterocycles. The first kappa shape index (κ1) is 13.3. The number of rotatable bonds is 4. The largest absolute Gasteiger partial charge is 0.348 e. The van der Waals surface area contributed by atoms with Crippen LogP contribution >= 0.6 is 11.3 Å². The number of aryl methyl sites for hydroxylation is 1. The molecule has 18 heavy (non-hydrogen) atoms. The minimum absolute atomic E-state index is 0.196. The summed E-state index contributed by atoms with van der Waals surface area (Å²) < 4.78 is 10.9. The lowest BCUT2D eigenvalue weighted by molar-refractivity contribution is -0.145. The number of carbonyl (C=O) groups is 1. The first-order chi connectivity index (χ1) is 8.59. The molecule has 1 aliphatic rings. The molecule has 1 aromatic rings. The van der Waals surface area contributed by atoms with Gasteiger partial charge in [0, 0.05) is 18.3 Å². The molecule has 100 valence electrons. The predicted molar refractivity (Wildman–Crippen MR) is 71.0 cm³/mol. The molecule has 1 aromatic heterocycles. The van der Waals surface area contributed by atoms with E-state index in [2.05, 4.69) is 10.6 Å². The molecule has 2 amide bonds. The van der Waals surface area contributed by atoms with Crippen molar-refractivity contribution in [1.29, 1.82) is 0 Å². The maximum Gasteiger partial charge on any atom is 0.319 e. The lowest BCUT2D eigenvalue weighted by atomic mass is 10.2. The minimum atomic E-state index is -0.550. The molecule has 2 heterocycles. The number of hydrogen-bond acceptors (Lipinski definition) is 4. The predicted octanol–water partition coefficient (Wildman–Crippen LogP) is 2.33. The summed E-state index contributed by atoms with van der Waals surface area (Å²) in [6.45, 7) is 5.62. The van der Waals surface area contributed by atoms with Crippen LogP contribution in [0.25, 0.3) is 0 Å². The van der Waals surface area contributed by atoms with Crippen LogP contribution in [0.2, 0.25) is 0 Å². The van der Waals surface area contributed by atoms with E-state index in [0.717, 1.165) is 11.3 Å². The van der Waals surface area contributed by atoms with Crippen LogP contribution in [0.4, 0.5) is 10.5 Å². The Hall–Kier alpha value is -1.11. The van der Waals surface area contributed by atoms with Crippen LogP contribution < -0.4 is 10.6 Å². The van der Waals surface area contributed by atoms with Gasteiger partial charge >= 0.3 is 6.03 Å². The zero-order chi connectivity index (χ0) is 13.0. The van der Waals surface area contributed by atoms with Gasteiger partial charge in [-0.3, -0.25) is 0 Å². The highest BCUT2D eigenvalue weighted by Crippen LogP contribution is 2.22. The minimum Gasteiger partial charge on any atom is -0.348 e. The van der Waals surface area contributed by atoms with Crippen molar-refractivity contribution in [3.8, 4) is 0 Å². The Labute approximate surface area is 110 Å². The fraction of sp³-hybridized carbons (Fsp3) is 0.583. The summed E-state index contributed by atoms with van der Waals surface area (Å²) >= 11 is 1.57. The molecule has 0 spiro atoms. The van der Waals surface area contributed by atoms with Crippen molar-refractivity contribution in [2.45, 2.75) is 26.1 Å². The van der Waals surface area contributed by atoms with Crippen LogP contribution in [-0.4, -0.2) is 31.6 Å². The van der Waals surface area contributed by atoms with E-state index in [1.165, 1.54) is 0 Å². The van der Waals surface area contributed by atoms with Gasteiger partial charge in [-0.15, -0.1) is 11.3 Å². The molecule has 0 aliphatic carbocycles. The first-order valence-corrected chi connectivity index (χ1v) is 6.89. The molecule has 2 rings (SSSR count). The summed E-state index contributed by atoms with van der Waals surface area (Å²) in [6.07, 6.45) is 0.642. The molecule has 5 nitrogen and oxygen atoms in total. The number of nitrogens with one attached hydrogen (secondary N) is 2. The Bertz CT molecular complexity index is 413. The van der Waals surface area contributed by atoms with E-state index in [1.54, 1.807) is 11.3 Å². The van der Waals surface area contributed by atoms with Gasteiger partial charge in [0.15, 0.2) is 5.79 Å². The quantitative estimate of drug-likeness (QED) is 0.882. The van der Waals surface area contributed by atoms with Crippen LogP contribution in [0.1, 0.15) is 18.9 Å². The number of thiophene rings is 1. The van der Waals surface area contributed by atoms with E-state index in [4.69, 9.17) is 9.47 Å². The third kappa shape index (κ3) is 3.44. The molecule has 0 radical (unpaired) electrons. The van der Waals surface area contributed by atoms with Crippen molar-refractivity contribution in [2.75, 3.05) is 25.1 Å². The number of amides is 2. The SMILES string of the molecule is Cc1cscc1NC(=O)NCCC1(C)OCCO1. The van der Waals surface area contributed by atoms with Crippen molar-refractivity contribution >= 4 is 23.1 Å². The molecule has 1 fully saturated rings. The average Bonchev–Trinajstić information content (AvgIpc) is 2.90. The van der Waals surface area contributed by atoms with Gasteiger partial charge in [0.25, 0.3) is 0 Å². The van der Waals surface area contributed by atoms with Gasteiger partial charge in [0.1, 0.15) is 0 Å². The highest BCUT2D eigenvalue weighted by molar-refractivity contribution is 7.08. The molecular formula is C12H18N2O3S. The zero-order valence-corrected chi connectivity index (χ0v) is 11.4. The van der Waals surface area contributed by atoms with Gasteiger partial charge in [0.05, 0.1) is 18.9 Å². The van der Waals surface area contributed by atoms with Gasteiger partial charge in [0.2, 0.25) is 0 Å². The third-order valence-corrected chi connectivity index (χ3v) is 3.73. The smallest absolute Gasteiger partial charge is 0.319 e. The number of carbonyl (C=O) groups excluding carboxylic acids is 1. The van der Waals surface area contributed by atoms with E-state index < -0.39 is 5.79 Å². The van der Waals surface area contributed by atoms with Gasteiger partial charge < -0.3 is 20.1 Å². The van der Waals surface area contributed by atoms with Crippen LogP contribution in [-0.2, 0) is 9.47 Å². The van der Waals surface area contributed by atoms with Gasteiger partial charge in [-0.2, -0.15) is 0 Å². The molecule has 0 atom stereocenters. The summed E-state index contributed by atoms with van der Waals surface area (Å²) in [5.41, 5.74) is 1.93. The molecule has 6 heteroatoms. The Morgan fingerprint density at radius 3 is 2.78 bits per heavy atom. The zero-order valence-electron chi connectivity index (χ0n) is 10.6. The Kier molecular flexibility index (Phi) is 4.21. The van der Waals surface area contributed by atoms with Crippen molar-refractivity contribution in [3.05, 3.63) is 16.3 Å². The summed E-state index contributed by atoms with van der Waals surface area (Å²) in [4.78, 5) is 11.6. The van der Waals surface area contributed by atoms with E-state index in [1.807, 2.05) is 24.6 Å². The van der Waals surface area contributed by atoms with E-state index in [0.29, 0.717) is 26.2 Å². The van der Waals surface area contributed by atoms with Crippen molar-refractivity contribution < 1.29 is 14.3 Å². The summed E-state index contributed by atoms with van der Waals surface area (Å²) in [6, 6.07) is -0.196. The van der Waals surface area contributed by atoms with Gasteiger partial charge in [-0.05, 0) is 24.8 Å². The second kappa shape index (κ2) is 5.69. The Balaban J connectivity index is 1.70. The van der Waals surface area contributed by atoms with Crippen LogP contribution in [0.15, 0.2) is 10.8 Å². The van der Waals surface area contributed by atoms with Crippen molar-refractivity contribution in [2.24, 2.45) is 0 Å². The third-order valence-electron chi connectivity index (χ3n) is 2.87. The normalized spacial score (nSPS) is 17.7. The van der Waals surface area contributed by atoms with Crippen LogP contribution in [0.5, 0.6) is 0 Å². The lowest BCUT2D eigenvalue weighted by Gasteiger charge is -2.22. The number of urea groups is 1. The van der Waals surface area contributed by atoms with Gasteiger partial charge in [-0.25, -0.2) is 4.79 Å². The highest BCUT2D eigenvalue weighted by atomic mass is 32.1. The molecule has 0 bridgehead atoms. The molecule has 0 aromatic carbocycles. The number of ether oxygens (including phenoxy) is 2. The number of anilines is 1. The summed E-state index contributed by atoms with van der Waals surface area (Å²) in [7, 11) is 0. The lowest BCUT2D eigenvalue weighted by Crippen LogP contribution is -2.35. The number of hydrogen-bond donors (Lipinski definition) is 2. The molecule has 2 N–H and O–H groups in total. The molecule has 0 saturated carbocycles. The average molecular weight is 270 g/mol. The van der Waals surface area contributed by atoms with Gasteiger partial charge in [-0.1, -0.05) is 0 Å². The Morgan fingerprint density at radius 2 is 2.17 bits per heavy atom. The standard InChI is InChI=1S/C12H18N2O3S/c1-9-7-18-8-10(9)14-11(15)13-4-3-12(2)16-5-6-17-12/h7-8H,3-6H2,1-2H3,(H2,13,14,15). The van der Waals surface area contributed by atoms with Crippen LogP contribution in [0, 0.1) is 6.92 Å². The topological polar surface area (TPSA) is 59.6 Å². The van der Waals surface area contributed by atoms with E-state index >= 15 is 0 Å². The monoisotopic (exact) mass is 270 g/mol. The fourth-order valence-corrected chi connectivity index (χ4v) is 2.54. The first-order valence-electron chi connectivity index (χ1n) is 5.95. The maximum absolute atomic E-state index is 11.6. The summed E-state index contributed by atoms with van der Waals surface area (Å²) in [5, 5.41) is 9.51. The molecule has 1 saturated heterocycles. The van der Waals surface area contributed by atoms with E-state index in [9.17, 15) is 4.79 Å². The second-order valence-electron chi connectivity index (χ2n) is 4.43. The maximum atomic E-state index is 11.6. The molecule has 0 unspecified atom stereocenters. The Morgan fingerprint density at radius 1 is 1.44 bits per heavy atom. The second-order valence-corrected chi connectivity index (χ2v) is 5.17. The highest BCUT2D eigenvalue weighted by Gasteiger charge is 2.30. The van der Waals surface area contributed by atoms with E-state index in [-0.39, 0.29) is 6.03 Å². The van der Waals surface area contributed by atoms with Crippen LogP contribution in [0.3, 0.4) is 0 Å².